The van der Waals surface area contributed by atoms with Gasteiger partial charge in [-0.1, -0.05) is 6.92 Å². The van der Waals surface area contributed by atoms with Crippen LogP contribution in [0.1, 0.15) is 44.5 Å². The molecule has 0 aromatic carbocycles. The standard InChI is InChI=1S/C13H23N3O/c1-2-5-14-12(13-15-6-7-16-13)10-11-3-8-17-9-4-11/h6-7,11-12,14H,2-5,8-10H2,1H3,(H,15,16). The molecule has 2 N–H and O–H groups in total. The van der Waals surface area contributed by atoms with Gasteiger partial charge in [0.05, 0.1) is 6.04 Å². The van der Waals surface area contributed by atoms with Gasteiger partial charge in [0.25, 0.3) is 0 Å². The van der Waals surface area contributed by atoms with Gasteiger partial charge in [-0.2, -0.15) is 0 Å². The van der Waals surface area contributed by atoms with Crippen LogP contribution in [-0.2, 0) is 4.74 Å². The van der Waals surface area contributed by atoms with Gasteiger partial charge in [0, 0.05) is 25.6 Å². The first kappa shape index (κ1) is 12.6. The van der Waals surface area contributed by atoms with Crippen molar-refractivity contribution in [1.29, 1.82) is 0 Å². The molecule has 0 spiro atoms. The van der Waals surface area contributed by atoms with E-state index in [9.17, 15) is 0 Å². The minimum Gasteiger partial charge on any atom is -0.381 e. The number of H-pyrrole nitrogens is 1. The van der Waals surface area contributed by atoms with Crippen LogP contribution in [0.5, 0.6) is 0 Å². The quantitative estimate of drug-likeness (QED) is 0.798. The average molecular weight is 237 g/mol. The average Bonchev–Trinajstić information content (AvgIpc) is 2.89. The second kappa shape index (κ2) is 6.77. The van der Waals surface area contributed by atoms with Gasteiger partial charge in [-0.25, -0.2) is 4.98 Å². The SMILES string of the molecule is CCCNC(CC1CCOCC1)c1ncc[nH]1. The Balaban J connectivity index is 1.90. The van der Waals surface area contributed by atoms with Crippen LogP contribution in [0.25, 0.3) is 0 Å². The van der Waals surface area contributed by atoms with Crippen LogP contribution in [0, 0.1) is 5.92 Å². The number of aromatic amines is 1. The molecule has 0 bridgehead atoms. The maximum atomic E-state index is 5.41. The molecule has 96 valence electrons. The number of rotatable bonds is 6. The summed E-state index contributed by atoms with van der Waals surface area (Å²) in [5.74, 6) is 1.84. The summed E-state index contributed by atoms with van der Waals surface area (Å²) in [6.07, 6.45) is 8.43. The van der Waals surface area contributed by atoms with E-state index in [0.29, 0.717) is 6.04 Å². The van der Waals surface area contributed by atoms with Gasteiger partial charge in [-0.3, -0.25) is 0 Å². The highest BCUT2D eigenvalue weighted by atomic mass is 16.5. The summed E-state index contributed by atoms with van der Waals surface area (Å²) in [5, 5.41) is 3.58. The van der Waals surface area contributed by atoms with Crippen LogP contribution in [-0.4, -0.2) is 29.7 Å². The van der Waals surface area contributed by atoms with E-state index in [-0.39, 0.29) is 0 Å². The van der Waals surface area contributed by atoms with Crippen LogP contribution in [0.3, 0.4) is 0 Å². The van der Waals surface area contributed by atoms with Gasteiger partial charge < -0.3 is 15.0 Å². The van der Waals surface area contributed by atoms with Crippen molar-refractivity contribution >= 4 is 0 Å². The molecule has 1 aromatic heterocycles. The highest BCUT2D eigenvalue weighted by molar-refractivity contribution is 4.96. The number of hydrogen-bond acceptors (Lipinski definition) is 3. The molecular weight excluding hydrogens is 214 g/mol. The Morgan fingerprint density at radius 3 is 3.00 bits per heavy atom. The normalized spacial score (nSPS) is 19.4. The van der Waals surface area contributed by atoms with Crippen LogP contribution in [0.2, 0.25) is 0 Å². The zero-order valence-corrected chi connectivity index (χ0v) is 10.6. The molecule has 2 heterocycles. The summed E-state index contributed by atoms with van der Waals surface area (Å²) in [7, 11) is 0. The van der Waals surface area contributed by atoms with E-state index in [1.54, 1.807) is 0 Å². The lowest BCUT2D eigenvalue weighted by Gasteiger charge is -2.26. The summed E-state index contributed by atoms with van der Waals surface area (Å²) >= 11 is 0. The Morgan fingerprint density at radius 2 is 2.35 bits per heavy atom. The van der Waals surface area contributed by atoms with Gasteiger partial charge in [0.1, 0.15) is 5.82 Å². The van der Waals surface area contributed by atoms with Crippen molar-refractivity contribution in [3.8, 4) is 0 Å². The van der Waals surface area contributed by atoms with Crippen molar-refractivity contribution < 1.29 is 4.74 Å². The van der Waals surface area contributed by atoms with Gasteiger partial charge in [0.2, 0.25) is 0 Å². The molecule has 0 aliphatic carbocycles. The lowest BCUT2D eigenvalue weighted by atomic mass is 9.92. The van der Waals surface area contributed by atoms with E-state index in [4.69, 9.17) is 4.74 Å². The summed E-state index contributed by atoms with van der Waals surface area (Å²) < 4.78 is 5.41. The van der Waals surface area contributed by atoms with Crippen molar-refractivity contribution in [2.45, 2.75) is 38.6 Å². The van der Waals surface area contributed by atoms with E-state index >= 15 is 0 Å². The fraction of sp³-hybridized carbons (Fsp3) is 0.769. The first-order valence-corrected chi connectivity index (χ1v) is 6.70. The molecule has 2 rings (SSSR count). The Hall–Kier alpha value is -0.870. The molecule has 1 aromatic rings. The highest BCUT2D eigenvalue weighted by Gasteiger charge is 2.21. The minimum absolute atomic E-state index is 0.369. The molecule has 4 heteroatoms. The van der Waals surface area contributed by atoms with Gasteiger partial charge >= 0.3 is 0 Å². The van der Waals surface area contributed by atoms with Crippen molar-refractivity contribution in [3.63, 3.8) is 0 Å². The predicted molar refractivity (Wildman–Crippen MR) is 67.8 cm³/mol. The van der Waals surface area contributed by atoms with E-state index < -0.39 is 0 Å². The van der Waals surface area contributed by atoms with Crippen LogP contribution in [0.15, 0.2) is 12.4 Å². The monoisotopic (exact) mass is 237 g/mol. The predicted octanol–water partition coefficient (Wildman–Crippen LogP) is 2.27. The van der Waals surface area contributed by atoms with Gasteiger partial charge in [-0.15, -0.1) is 0 Å². The minimum atomic E-state index is 0.369. The Morgan fingerprint density at radius 1 is 1.53 bits per heavy atom. The molecular formula is C13H23N3O. The number of hydrogen-bond donors (Lipinski definition) is 2. The molecule has 1 aliphatic heterocycles. The zero-order chi connectivity index (χ0) is 11.9. The maximum Gasteiger partial charge on any atom is 0.123 e. The highest BCUT2D eigenvalue weighted by Crippen LogP contribution is 2.25. The van der Waals surface area contributed by atoms with Crippen molar-refractivity contribution in [2.24, 2.45) is 5.92 Å². The molecule has 0 saturated carbocycles. The first-order chi connectivity index (χ1) is 8.40. The summed E-state index contributed by atoms with van der Waals surface area (Å²) in [4.78, 5) is 7.62. The third kappa shape index (κ3) is 3.82. The van der Waals surface area contributed by atoms with Gasteiger partial charge in [-0.05, 0) is 38.1 Å². The third-order valence-electron chi connectivity index (χ3n) is 3.40. The molecule has 1 atom stereocenters. The van der Waals surface area contributed by atoms with Gasteiger partial charge in [0.15, 0.2) is 0 Å². The number of imidazole rings is 1. The zero-order valence-electron chi connectivity index (χ0n) is 10.6. The first-order valence-electron chi connectivity index (χ1n) is 6.70. The molecule has 1 aliphatic rings. The van der Waals surface area contributed by atoms with Crippen molar-refractivity contribution in [1.82, 2.24) is 15.3 Å². The Bertz CT molecular complexity index is 294. The summed E-state index contributed by atoms with van der Waals surface area (Å²) in [6.45, 7) is 5.09. The molecule has 17 heavy (non-hydrogen) atoms. The second-order valence-corrected chi connectivity index (χ2v) is 4.77. The summed E-state index contributed by atoms with van der Waals surface area (Å²) in [6, 6.07) is 0.369. The number of nitrogens with zero attached hydrogens (tertiary/aromatic N) is 1. The number of nitrogens with one attached hydrogen (secondary N) is 2. The third-order valence-corrected chi connectivity index (χ3v) is 3.40. The Labute approximate surface area is 103 Å². The maximum absolute atomic E-state index is 5.41. The fourth-order valence-electron chi connectivity index (χ4n) is 2.39. The second-order valence-electron chi connectivity index (χ2n) is 4.77. The molecule has 1 unspecified atom stereocenters. The van der Waals surface area contributed by atoms with Crippen molar-refractivity contribution in [2.75, 3.05) is 19.8 Å². The lowest BCUT2D eigenvalue weighted by Crippen LogP contribution is -2.27. The number of ether oxygens (including phenoxy) is 1. The van der Waals surface area contributed by atoms with Crippen LogP contribution < -0.4 is 5.32 Å². The molecule has 1 saturated heterocycles. The largest absolute Gasteiger partial charge is 0.381 e. The van der Waals surface area contributed by atoms with E-state index in [0.717, 1.165) is 44.3 Å². The van der Waals surface area contributed by atoms with E-state index in [1.165, 1.54) is 12.8 Å². The van der Waals surface area contributed by atoms with Crippen molar-refractivity contribution in [3.05, 3.63) is 18.2 Å². The van der Waals surface area contributed by atoms with Crippen LogP contribution in [0.4, 0.5) is 0 Å². The van der Waals surface area contributed by atoms with E-state index in [1.807, 2.05) is 12.4 Å². The molecule has 4 nitrogen and oxygen atoms in total. The molecule has 1 fully saturated rings. The Kier molecular flexibility index (Phi) is 5.01. The smallest absolute Gasteiger partial charge is 0.123 e. The molecule has 0 radical (unpaired) electrons. The van der Waals surface area contributed by atoms with Crippen LogP contribution >= 0.6 is 0 Å². The summed E-state index contributed by atoms with van der Waals surface area (Å²) in [5.41, 5.74) is 0. The number of aromatic nitrogens is 2. The topological polar surface area (TPSA) is 49.9 Å². The lowest BCUT2D eigenvalue weighted by molar-refractivity contribution is 0.0602. The fourth-order valence-corrected chi connectivity index (χ4v) is 2.39. The van der Waals surface area contributed by atoms with E-state index in [2.05, 4.69) is 22.2 Å². The molecule has 0 amide bonds.